The first kappa shape index (κ1) is 13.6. The molecule has 106 valence electrons. The standard InChI is InChI=1S/C17H10N2O3/c18-10-11-6-8-12(9-7-11)15-14(17(20)21)19-16(22-15)13-4-2-1-3-5-13/h1-9H,(H,20,21). The number of carboxylic acids is 1. The minimum atomic E-state index is -1.16. The maximum absolute atomic E-state index is 11.4. The van der Waals surface area contributed by atoms with Gasteiger partial charge in [-0.25, -0.2) is 9.78 Å². The van der Waals surface area contributed by atoms with Gasteiger partial charge in [0.1, 0.15) is 0 Å². The number of hydrogen-bond acceptors (Lipinski definition) is 4. The van der Waals surface area contributed by atoms with Crippen molar-refractivity contribution in [3.63, 3.8) is 0 Å². The van der Waals surface area contributed by atoms with E-state index < -0.39 is 5.97 Å². The number of oxazole rings is 1. The summed E-state index contributed by atoms with van der Waals surface area (Å²) in [6.45, 7) is 0. The van der Waals surface area contributed by atoms with Crippen LogP contribution >= 0.6 is 0 Å². The molecule has 2 aromatic carbocycles. The zero-order valence-electron chi connectivity index (χ0n) is 11.4. The predicted octanol–water partition coefficient (Wildman–Crippen LogP) is 3.58. The van der Waals surface area contributed by atoms with Crippen molar-refractivity contribution in [3.8, 4) is 28.8 Å². The van der Waals surface area contributed by atoms with Gasteiger partial charge in [-0.15, -0.1) is 0 Å². The highest BCUT2D eigenvalue weighted by atomic mass is 16.4. The first-order chi connectivity index (χ1) is 10.7. The van der Waals surface area contributed by atoms with E-state index in [2.05, 4.69) is 4.98 Å². The van der Waals surface area contributed by atoms with Crippen LogP contribution in [-0.4, -0.2) is 16.1 Å². The molecule has 0 fully saturated rings. The van der Waals surface area contributed by atoms with E-state index in [0.29, 0.717) is 16.7 Å². The molecule has 1 N–H and O–H groups in total. The summed E-state index contributed by atoms with van der Waals surface area (Å²) in [6.07, 6.45) is 0. The molecule has 0 aliphatic rings. The number of aromatic nitrogens is 1. The monoisotopic (exact) mass is 290 g/mol. The number of nitrogens with zero attached hydrogens (tertiary/aromatic N) is 2. The van der Waals surface area contributed by atoms with Crippen molar-refractivity contribution >= 4 is 5.97 Å². The van der Waals surface area contributed by atoms with E-state index in [4.69, 9.17) is 9.68 Å². The average Bonchev–Trinajstić information content (AvgIpc) is 3.01. The molecule has 0 spiro atoms. The molecule has 0 bridgehead atoms. The summed E-state index contributed by atoms with van der Waals surface area (Å²) in [6, 6.07) is 17.6. The van der Waals surface area contributed by atoms with Crippen LogP contribution in [0.1, 0.15) is 16.1 Å². The molecule has 0 saturated heterocycles. The fraction of sp³-hybridized carbons (Fsp3) is 0. The summed E-state index contributed by atoms with van der Waals surface area (Å²) in [5.41, 5.74) is 1.60. The Morgan fingerprint density at radius 3 is 2.32 bits per heavy atom. The van der Waals surface area contributed by atoms with Crippen LogP contribution < -0.4 is 0 Å². The van der Waals surface area contributed by atoms with Crippen molar-refractivity contribution < 1.29 is 14.3 Å². The molecular weight excluding hydrogens is 280 g/mol. The Labute approximate surface area is 126 Å². The molecule has 0 atom stereocenters. The Bertz CT molecular complexity index is 859. The van der Waals surface area contributed by atoms with Crippen LogP contribution in [0.15, 0.2) is 59.0 Å². The Kier molecular flexibility index (Phi) is 3.42. The highest BCUT2D eigenvalue weighted by molar-refractivity contribution is 5.93. The number of aromatic carboxylic acids is 1. The Morgan fingerprint density at radius 1 is 1.05 bits per heavy atom. The maximum Gasteiger partial charge on any atom is 0.358 e. The molecule has 3 rings (SSSR count). The molecule has 0 aliphatic heterocycles. The lowest BCUT2D eigenvalue weighted by atomic mass is 10.1. The molecule has 1 aromatic heterocycles. The third-order valence-electron chi connectivity index (χ3n) is 3.13. The van der Waals surface area contributed by atoms with Crippen LogP contribution in [0.4, 0.5) is 0 Å². The highest BCUT2D eigenvalue weighted by Crippen LogP contribution is 2.30. The summed E-state index contributed by atoms with van der Waals surface area (Å²) in [5.74, 6) is -0.738. The van der Waals surface area contributed by atoms with Gasteiger partial charge in [0.05, 0.1) is 11.6 Å². The molecule has 0 aliphatic carbocycles. The predicted molar refractivity (Wildman–Crippen MR) is 79.0 cm³/mol. The van der Waals surface area contributed by atoms with Gasteiger partial charge in [-0.1, -0.05) is 18.2 Å². The quantitative estimate of drug-likeness (QED) is 0.796. The lowest BCUT2D eigenvalue weighted by molar-refractivity contribution is 0.0691. The molecule has 0 amide bonds. The van der Waals surface area contributed by atoms with Gasteiger partial charge >= 0.3 is 5.97 Å². The zero-order chi connectivity index (χ0) is 15.5. The number of nitriles is 1. The summed E-state index contributed by atoms with van der Waals surface area (Å²) >= 11 is 0. The minimum Gasteiger partial charge on any atom is -0.476 e. The van der Waals surface area contributed by atoms with Crippen molar-refractivity contribution in [2.75, 3.05) is 0 Å². The van der Waals surface area contributed by atoms with Crippen LogP contribution in [-0.2, 0) is 0 Å². The Hall–Kier alpha value is -3.39. The fourth-order valence-corrected chi connectivity index (χ4v) is 2.06. The third kappa shape index (κ3) is 2.45. The maximum atomic E-state index is 11.4. The molecule has 0 unspecified atom stereocenters. The van der Waals surface area contributed by atoms with Gasteiger partial charge in [0.2, 0.25) is 5.89 Å². The molecule has 0 saturated carbocycles. The molecule has 0 radical (unpaired) electrons. The first-order valence-electron chi connectivity index (χ1n) is 6.49. The van der Waals surface area contributed by atoms with E-state index in [1.807, 2.05) is 24.3 Å². The molecular formula is C17H10N2O3. The highest BCUT2D eigenvalue weighted by Gasteiger charge is 2.21. The van der Waals surface area contributed by atoms with E-state index in [-0.39, 0.29) is 17.3 Å². The van der Waals surface area contributed by atoms with E-state index in [1.54, 1.807) is 36.4 Å². The smallest absolute Gasteiger partial charge is 0.358 e. The van der Waals surface area contributed by atoms with Crippen LogP contribution in [0.3, 0.4) is 0 Å². The second-order valence-electron chi connectivity index (χ2n) is 4.56. The number of rotatable bonds is 3. The van der Waals surface area contributed by atoms with E-state index in [9.17, 15) is 9.90 Å². The largest absolute Gasteiger partial charge is 0.476 e. The molecule has 3 aromatic rings. The van der Waals surface area contributed by atoms with Gasteiger partial charge in [-0.2, -0.15) is 5.26 Å². The first-order valence-corrected chi connectivity index (χ1v) is 6.49. The van der Waals surface area contributed by atoms with Gasteiger partial charge in [0, 0.05) is 11.1 Å². The fourth-order valence-electron chi connectivity index (χ4n) is 2.06. The zero-order valence-corrected chi connectivity index (χ0v) is 11.4. The van der Waals surface area contributed by atoms with Gasteiger partial charge in [0.15, 0.2) is 11.5 Å². The van der Waals surface area contributed by atoms with Crippen molar-refractivity contribution in [2.45, 2.75) is 0 Å². The van der Waals surface area contributed by atoms with Crippen LogP contribution in [0.25, 0.3) is 22.8 Å². The number of benzene rings is 2. The van der Waals surface area contributed by atoms with E-state index in [0.717, 1.165) is 0 Å². The normalized spacial score (nSPS) is 10.1. The Morgan fingerprint density at radius 2 is 1.73 bits per heavy atom. The second-order valence-corrected chi connectivity index (χ2v) is 4.56. The minimum absolute atomic E-state index is 0.149. The van der Waals surface area contributed by atoms with Gasteiger partial charge < -0.3 is 9.52 Å². The lowest BCUT2D eigenvalue weighted by Gasteiger charge is -1.98. The SMILES string of the molecule is N#Cc1ccc(-c2oc(-c3ccccc3)nc2C(=O)O)cc1. The average molecular weight is 290 g/mol. The van der Waals surface area contributed by atoms with Crippen LogP contribution in [0.5, 0.6) is 0 Å². The van der Waals surface area contributed by atoms with E-state index >= 15 is 0 Å². The molecule has 5 heteroatoms. The van der Waals surface area contributed by atoms with E-state index in [1.165, 1.54) is 0 Å². The summed E-state index contributed by atoms with van der Waals surface area (Å²) in [7, 11) is 0. The molecule has 1 heterocycles. The topological polar surface area (TPSA) is 87.1 Å². The van der Waals surface area contributed by atoms with Crippen molar-refractivity contribution in [1.29, 1.82) is 5.26 Å². The van der Waals surface area contributed by atoms with Gasteiger partial charge in [-0.3, -0.25) is 0 Å². The van der Waals surface area contributed by atoms with Crippen molar-refractivity contribution in [3.05, 3.63) is 65.9 Å². The Balaban J connectivity index is 2.12. The van der Waals surface area contributed by atoms with Crippen molar-refractivity contribution in [1.82, 2.24) is 4.98 Å². The summed E-state index contributed by atoms with van der Waals surface area (Å²) in [5, 5.41) is 18.1. The van der Waals surface area contributed by atoms with Gasteiger partial charge in [0.25, 0.3) is 0 Å². The van der Waals surface area contributed by atoms with Crippen LogP contribution in [0.2, 0.25) is 0 Å². The number of hydrogen-bond donors (Lipinski definition) is 1. The molecule has 5 nitrogen and oxygen atoms in total. The van der Waals surface area contributed by atoms with Crippen molar-refractivity contribution in [2.24, 2.45) is 0 Å². The van der Waals surface area contributed by atoms with Gasteiger partial charge in [-0.05, 0) is 36.4 Å². The molecule has 22 heavy (non-hydrogen) atoms. The van der Waals surface area contributed by atoms with Crippen LogP contribution in [0, 0.1) is 11.3 Å². The summed E-state index contributed by atoms with van der Waals surface area (Å²) < 4.78 is 5.65. The third-order valence-corrected chi connectivity index (χ3v) is 3.13. The number of carbonyl (C=O) groups is 1. The second kappa shape index (κ2) is 5.54. The number of carboxylic acid groups (broad SMARTS) is 1. The summed E-state index contributed by atoms with van der Waals surface area (Å²) in [4.78, 5) is 15.5. The lowest BCUT2D eigenvalue weighted by Crippen LogP contribution is -1.98.